The van der Waals surface area contributed by atoms with E-state index in [-0.39, 0.29) is 19.7 Å². The first-order valence-corrected chi connectivity index (χ1v) is 12.5. The Kier molecular flexibility index (Phi) is 8.86. The summed E-state index contributed by atoms with van der Waals surface area (Å²) in [7, 11) is 0. The van der Waals surface area contributed by atoms with Crippen molar-refractivity contribution in [3.63, 3.8) is 0 Å². The molecule has 1 aromatic carbocycles. The molecule has 1 fully saturated rings. The van der Waals surface area contributed by atoms with Crippen molar-refractivity contribution in [1.82, 2.24) is 30.9 Å². The van der Waals surface area contributed by atoms with Crippen LogP contribution in [0.25, 0.3) is 11.2 Å². The van der Waals surface area contributed by atoms with E-state index in [1.807, 2.05) is 0 Å². The number of alkyl carbamates (subject to hydrolysis) is 1. The lowest BCUT2D eigenvalue weighted by Crippen LogP contribution is -2.60. The Labute approximate surface area is 227 Å². The number of hydrogen-bond donors (Lipinski definition) is 6. The average Bonchev–Trinajstić information content (AvgIpc) is 3.46. The maximum Gasteiger partial charge on any atom is 0.425 e. The maximum atomic E-state index is 12.9. The van der Waals surface area contributed by atoms with Gasteiger partial charge in [-0.05, 0) is 17.7 Å². The third-order valence-corrected chi connectivity index (χ3v) is 6.15. The number of ether oxygens (including phenoxy) is 1. The number of benzene rings is 1. The summed E-state index contributed by atoms with van der Waals surface area (Å²) >= 11 is 0. The van der Waals surface area contributed by atoms with Crippen molar-refractivity contribution in [3.05, 3.63) is 54.2 Å². The molecular formula is C25H29N8O7+. The third kappa shape index (κ3) is 7.08. The molecular weight excluding hydrogens is 524 g/mol. The fraction of sp³-hybridized carbons (Fsp3) is 0.320. The highest BCUT2D eigenvalue weighted by Gasteiger charge is 2.51. The molecule has 210 valence electrons. The number of pyridine rings is 1. The minimum Gasteiger partial charge on any atom is -0.481 e. The molecule has 2 aromatic heterocycles. The van der Waals surface area contributed by atoms with Crippen LogP contribution in [-0.2, 0) is 25.7 Å². The van der Waals surface area contributed by atoms with E-state index in [1.165, 1.54) is 0 Å². The second kappa shape index (κ2) is 12.7. The normalized spacial score (nSPS) is 17.2. The van der Waals surface area contributed by atoms with Gasteiger partial charge in [0.25, 0.3) is 5.91 Å². The van der Waals surface area contributed by atoms with Gasteiger partial charge in [-0.15, -0.1) is 0 Å². The minimum atomic E-state index is -1.34. The molecule has 6 N–H and O–H groups in total. The number of quaternary nitrogens is 1. The third-order valence-electron chi connectivity index (χ3n) is 6.15. The monoisotopic (exact) mass is 553 g/mol. The van der Waals surface area contributed by atoms with Gasteiger partial charge in [0.05, 0.1) is 13.0 Å². The van der Waals surface area contributed by atoms with E-state index < -0.39 is 53.5 Å². The standard InChI is InChI=1S/C25H28N8O7/c34-19(30-18(12-21(36)37)31-25(39)40-15-16-6-2-1-3-7-16)14-33(20(35)13-28-24(33)38)11-5-10-27-23-29-17-8-4-9-26-22(17)32-23/h1-4,6-9,18H,5,10-15H2,(H5-,26,27,28,29,30,31,32,34,36,37,38,39)/p+1. The lowest BCUT2D eigenvalue weighted by molar-refractivity contribution is -0.758. The van der Waals surface area contributed by atoms with Gasteiger partial charge >= 0.3 is 24.0 Å². The molecule has 40 heavy (non-hydrogen) atoms. The van der Waals surface area contributed by atoms with Crippen molar-refractivity contribution in [1.29, 1.82) is 0 Å². The topological polar surface area (TPSA) is 204 Å². The molecule has 0 radical (unpaired) electrons. The van der Waals surface area contributed by atoms with Gasteiger partial charge in [0, 0.05) is 19.2 Å². The number of imidazole rings is 1. The predicted molar refractivity (Wildman–Crippen MR) is 139 cm³/mol. The number of carbonyl (C=O) groups is 5. The van der Waals surface area contributed by atoms with Crippen molar-refractivity contribution < 1.29 is 38.3 Å². The first-order valence-electron chi connectivity index (χ1n) is 12.5. The molecule has 15 heteroatoms. The molecule has 15 nitrogen and oxygen atoms in total. The summed E-state index contributed by atoms with van der Waals surface area (Å²) in [5.41, 5.74) is 1.99. The molecule has 0 saturated carbocycles. The molecule has 1 aliphatic rings. The van der Waals surface area contributed by atoms with Crippen molar-refractivity contribution >= 4 is 47.0 Å². The number of imide groups is 1. The van der Waals surface area contributed by atoms with E-state index in [4.69, 9.17) is 4.74 Å². The number of hydrogen-bond acceptors (Lipinski definition) is 9. The highest BCUT2D eigenvalue weighted by molar-refractivity contribution is 5.94. The molecule has 0 aliphatic carbocycles. The van der Waals surface area contributed by atoms with Crippen LogP contribution in [-0.4, -0.2) is 86.8 Å². The Morgan fingerprint density at radius 1 is 1.10 bits per heavy atom. The number of H-pyrrole nitrogens is 1. The zero-order valence-corrected chi connectivity index (χ0v) is 21.4. The Morgan fingerprint density at radius 3 is 2.60 bits per heavy atom. The van der Waals surface area contributed by atoms with Crippen LogP contribution in [0.2, 0.25) is 0 Å². The Hall–Kier alpha value is -5.05. The number of nitrogens with zero attached hydrogens (tertiary/aromatic N) is 3. The quantitative estimate of drug-likeness (QED) is 0.0755. The molecule has 1 aliphatic heterocycles. The van der Waals surface area contributed by atoms with Gasteiger partial charge in [-0.25, -0.2) is 24.4 Å². The molecule has 3 heterocycles. The number of rotatable bonds is 13. The van der Waals surface area contributed by atoms with E-state index in [9.17, 15) is 29.1 Å². The van der Waals surface area contributed by atoms with Gasteiger partial charge in [0.1, 0.15) is 24.8 Å². The first-order chi connectivity index (χ1) is 19.2. The van der Waals surface area contributed by atoms with E-state index in [2.05, 4.69) is 36.2 Å². The number of carboxylic acids is 1. The van der Waals surface area contributed by atoms with Crippen molar-refractivity contribution in [2.24, 2.45) is 0 Å². The number of aliphatic carboxylic acids is 1. The van der Waals surface area contributed by atoms with Crippen molar-refractivity contribution in [2.75, 3.05) is 31.5 Å². The summed E-state index contributed by atoms with van der Waals surface area (Å²) in [5, 5.41) is 19.5. The highest BCUT2D eigenvalue weighted by atomic mass is 16.5. The summed E-state index contributed by atoms with van der Waals surface area (Å²) in [6, 6.07) is 11.7. The Balaban J connectivity index is 1.33. The molecule has 1 saturated heterocycles. The van der Waals surface area contributed by atoms with Gasteiger partial charge in [0.15, 0.2) is 12.2 Å². The SMILES string of the molecule is O=C(O)CC(NC(=O)C[N+]1(CCCNc2nc3cccnc3[nH]2)C(=O)CNC1=O)NC(=O)OCc1ccccc1. The predicted octanol–water partition coefficient (Wildman–Crippen LogP) is 0.670. The lowest BCUT2D eigenvalue weighted by Gasteiger charge is -2.27. The zero-order chi connectivity index (χ0) is 28.5. The van der Waals surface area contributed by atoms with Crippen LogP contribution in [0.15, 0.2) is 48.7 Å². The second-order valence-electron chi connectivity index (χ2n) is 9.06. The van der Waals surface area contributed by atoms with E-state index in [0.29, 0.717) is 35.6 Å². The number of fused-ring (bicyclic) bond motifs is 1. The smallest absolute Gasteiger partial charge is 0.425 e. The number of nitrogens with one attached hydrogen (secondary N) is 5. The van der Waals surface area contributed by atoms with E-state index in [1.54, 1.807) is 48.7 Å². The number of anilines is 1. The Bertz CT molecular complexity index is 1350. The number of urea groups is 1. The summed E-state index contributed by atoms with van der Waals surface area (Å²) < 4.78 is 4.30. The van der Waals surface area contributed by atoms with Crippen LogP contribution in [0, 0.1) is 0 Å². The van der Waals surface area contributed by atoms with Gasteiger partial charge in [-0.2, -0.15) is 4.48 Å². The molecule has 4 rings (SSSR count). The lowest BCUT2D eigenvalue weighted by atomic mass is 10.2. The van der Waals surface area contributed by atoms with Crippen LogP contribution in [0.5, 0.6) is 0 Å². The van der Waals surface area contributed by atoms with Crippen molar-refractivity contribution in [2.45, 2.75) is 25.6 Å². The van der Waals surface area contributed by atoms with Gasteiger partial charge < -0.3 is 30.8 Å². The molecule has 2 atom stereocenters. The fourth-order valence-electron chi connectivity index (χ4n) is 4.22. The molecule has 2 unspecified atom stereocenters. The number of amides is 5. The second-order valence-corrected chi connectivity index (χ2v) is 9.06. The van der Waals surface area contributed by atoms with Crippen LogP contribution < -0.4 is 21.3 Å². The zero-order valence-electron chi connectivity index (χ0n) is 21.4. The van der Waals surface area contributed by atoms with Crippen LogP contribution >= 0.6 is 0 Å². The molecule has 3 aromatic rings. The number of carboxylic acid groups (broad SMARTS) is 1. The summed E-state index contributed by atoms with van der Waals surface area (Å²) in [6.45, 7) is -0.542. The minimum absolute atomic E-state index is 0.000289. The first kappa shape index (κ1) is 28.0. The number of aromatic nitrogens is 3. The maximum absolute atomic E-state index is 12.9. The summed E-state index contributed by atoms with van der Waals surface area (Å²) in [6.07, 6.45) is -0.980. The largest absolute Gasteiger partial charge is 0.481 e. The molecule has 0 spiro atoms. The fourth-order valence-corrected chi connectivity index (χ4v) is 4.22. The number of aromatic amines is 1. The van der Waals surface area contributed by atoms with E-state index in [0.717, 1.165) is 0 Å². The van der Waals surface area contributed by atoms with Crippen LogP contribution in [0.1, 0.15) is 18.4 Å². The van der Waals surface area contributed by atoms with Crippen LogP contribution in [0.4, 0.5) is 15.5 Å². The van der Waals surface area contributed by atoms with Crippen molar-refractivity contribution in [3.8, 4) is 0 Å². The Morgan fingerprint density at radius 2 is 1.90 bits per heavy atom. The molecule has 0 bridgehead atoms. The average molecular weight is 554 g/mol. The van der Waals surface area contributed by atoms with Gasteiger partial charge in [0.2, 0.25) is 5.95 Å². The molecule has 5 amide bonds. The van der Waals surface area contributed by atoms with Crippen LogP contribution in [0.3, 0.4) is 0 Å². The summed E-state index contributed by atoms with van der Waals surface area (Å²) in [5.74, 6) is -2.12. The highest BCUT2D eigenvalue weighted by Crippen LogP contribution is 2.16. The van der Waals surface area contributed by atoms with Gasteiger partial charge in [-0.3, -0.25) is 14.9 Å². The van der Waals surface area contributed by atoms with Gasteiger partial charge in [-0.1, -0.05) is 30.3 Å². The number of carbonyl (C=O) groups excluding carboxylic acids is 4. The summed E-state index contributed by atoms with van der Waals surface area (Å²) in [4.78, 5) is 73.5. The van der Waals surface area contributed by atoms with E-state index >= 15 is 0 Å².